The first kappa shape index (κ1) is 16.0. The summed E-state index contributed by atoms with van der Waals surface area (Å²) in [5.41, 5.74) is 6.67. The fourth-order valence-electron chi connectivity index (χ4n) is 2.50. The number of nitrogen functional groups attached to an aromatic ring is 1. The molecule has 0 bridgehead atoms. The van der Waals surface area contributed by atoms with E-state index in [1.54, 1.807) is 30.3 Å². The topological polar surface area (TPSA) is 118 Å². The van der Waals surface area contributed by atoms with Crippen LogP contribution >= 0.6 is 0 Å². The predicted molar refractivity (Wildman–Crippen MR) is 89.7 cm³/mol. The number of phenols is 1. The van der Waals surface area contributed by atoms with Gasteiger partial charge in [-0.3, -0.25) is 9.35 Å². The zero-order valence-electron chi connectivity index (χ0n) is 12.3. The van der Waals surface area contributed by atoms with Crippen molar-refractivity contribution in [1.29, 1.82) is 0 Å². The smallest absolute Gasteiger partial charge is 0.294 e. The van der Waals surface area contributed by atoms with Crippen LogP contribution in [-0.2, 0) is 10.1 Å². The molecule has 7 heteroatoms. The van der Waals surface area contributed by atoms with Crippen molar-refractivity contribution < 1.29 is 22.9 Å². The van der Waals surface area contributed by atoms with Gasteiger partial charge in [0, 0.05) is 28.0 Å². The van der Waals surface area contributed by atoms with Crippen LogP contribution in [0.5, 0.6) is 5.75 Å². The Morgan fingerprint density at radius 1 is 0.958 bits per heavy atom. The Morgan fingerprint density at radius 3 is 2.25 bits per heavy atom. The van der Waals surface area contributed by atoms with Crippen molar-refractivity contribution >= 4 is 32.4 Å². The highest BCUT2D eigenvalue weighted by molar-refractivity contribution is 7.85. The Morgan fingerprint density at radius 2 is 1.62 bits per heavy atom. The van der Waals surface area contributed by atoms with Gasteiger partial charge in [0.15, 0.2) is 5.78 Å². The molecule has 0 unspecified atom stereocenters. The number of aromatic hydroxyl groups is 1. The van der Waals surface area contributed by atoms with Crippen molar-refractivity contribution in [2.75, 3.05) is 5.73 Å². The monoisotopic (exact) mass is 343 g/mol. The number of nitrogens with two attached hydrogens (primary N) is 1. The highest BCUT2D eigenvalue weighted by Crippen LogP contribution is 2.34. The molecule has 24 heavy (non-hydrogen) atoms. The first-order valence-corrected chi connectivity index (χ1v) is 8.35. The maximum atomic E-state index is 12.6. The zero-order chi connectivity index (χ0) is 17.5. The maximum Gasteiger partial charge on any atom is 0.294 e. The summed E-state index contributed by atoms with van der Waals surface area (Å²) in [5, 5.41) is 10.4. The number of carbonyl (C=O) groups excluding carboxylic acids is 1. The summed E-state index contributed by atoms with van der Waals surface area (Å²) in [6.07, 6.45) is 0. The first-order valence-electron chi connectivity index (χ1n) is 6.91. The second kappa shape index (κ2) is 5.63. The van der Waals surface area contributed by atoms with E-state index in [1.165, 1.54) is 12.1 Å². The van der Waals surface area contributed by atoms with Crippen LogP contribution in [0.3, 0.4) is 0 Å². The second-order valence-corrected chi connectivity index (χ2v) is 6.66. The Kier molecular flexibility index (Phi) is 3.75. The van der Waals surface area contributed by atoms with Crippen LogP contribution in [0.1, 0.15) is 15.9 Å². The van der Waals surface area contributed by atoms with Crippen molar-refractivity contribution in [3.63, 3.8) is 0 Å². The third-order valence-corrected chi connectivity index (χ3v) is 4.54. The molecule has 0 heterocycles. The molecule has 0 aliphatic rings. The van der Waals surface area contributed by atoms with Gasteiger partial charge in [-0.25, -0.2) is 0 Å². The minimum absolute atomic E-state index is 0.0298. The average molecular weight is 343 g/mol. The molecule has 0 atom stereocenters. The Labute approximate surface area is 137 Å². The number of hydrogen-bond acceptors (Lipinski definition) is 5. The summed E-state index contributed by atoms with van der Waals surface area (Å²) in [7, 11) is -4.52. The van der Waals surface area contributed by atoms with Crippen molar-refractivity contribution in [1.82, 2.24) is 0 Å². The van der Waals surface area contributed by atoms with E-state index in [0.717, 1.165) is 12.1 Å². The molecule has 122 valence electrons. The van der Waals surface area contributed by atoms with Crippen molar-refractivity contribution in [2.24, 2.45) is 0 Å². The molecular weight excluding hydrogens is 330 g/mol. The van der Waals surface area contributed by atoms with E-state index >= 15 is 0 Å². The highest BCUT2D eigenvalue weighted by Gasteiger charge is 2.19. The largest absolute Gasteiger partial charge is 0.507 e. The Bertz CT molecular complexity index is 1060. The lowest BCUT2D eigenvalue weighted by Crippen LogP contribution is -2.06. The number of benzene rings is 3. The normalized spacial score (nSPS) is 11.5. The minimum Gasteiger partial charge on any atom is -0.507 e. The molecule has 0 aliphatic carbocycles. The number of phenolic OH excluding ortho intramolecular Hbond substituents is 1. The third-order valence-electron chi connectivity index (χ3n) is 3.71. The molecule has 0 saturated heterocycles. The molecule has 0 spiro atoms. The number of carbonyl (C=O) groups is 1. The van der Waals surface area contributed by atoms with Crippen LogP contribution in [0.4, 0.5) is 5.69 Å². The molecule has 0 amide bonds. The Balaban J connectivity index is 2.26. The van der Waals surface area contributed by atoms with Crippen LogP contribution in [0.2, 0.25) is 0 Å². The van der Waals surface area contributed by atoms with E-state index < -0.39 is 15.0 Å². The van der Waals surface area contributed by atoms with Gasteiger partial charge in [0.2, 0.25) is 0 Å². The standard InChI is InChI=1S/C17H13NO5S/c18-16-13(17(20)10-4-2-1-3-5-10)7-6-12-14(16)8-11(9-15(12)19)24(21,22)23/h1-9,19H,18H2,(H,21,22,23). The summed E-state index contributed by atoms with van der Waals surface area (Å²) in [5.74, 6) is -0.683. The molecule has 3 aromatic rings. The molecule has 3 aromatic carbocycles. The van der Waals surface area contributed by atoms with Crippen molar-refractivity contribution in [3.8, 4) is 5.75 Å². The van der Waals surface area contributed by atoms with E-state index in [1.807, 2.05) is 0 Å². The lowest BCUT2D eigenvalue weighted by molar-refractivity contribution is 0.103. The third kappa shape index (κ3) is 2.70. The quantitative estimate of drug-likeness (QED) is 0.382. The van der Waals surface area contributed by atoms with Gasteiger partial charge in [-0.2, -0.15) is 8.42 Å². The fourth-order valence-corrected chi connectivity index (χ4v) is 3.03. The molecule has 0 aliphatic heterocycles. The number of ketones is 1. The van der Waals surface area contributed by atoms with Gasteiger partial charge in [0.05, 0.1) is 10.6 Å². The molecule has 0 radical (unpaired) electrons. The summed E-state index contributed by atoms with van der Waals surface area (Å²) in [4.78, 5) is 12.1. The van der Waals surface area contributed by atoms with Crippen LogP contribution in [-0.4, -0.2) is 23.9 Å². The van der Waals surface area contributed by atoms with E-state index in [9.17, 15) is 22.9 Å². The molecule has 0 saturated carbocycles. The highest BCUT2D eigenvalue weighted by atomic mass is 32.2. The SMILES string of the molecule is Nc1c(C(=O)c2ccccc2)ccc2c(O)cc(S(=O)(=O)O)cc12. The maximum absolute atomic E-state index is 12.6. The van der Waals surface area contributed by atoms with Crippen LogP contribution in [0.25, 0.3) is 10.8 Å². The van der Waals surface area contributed by atoms with Gasteiger partial charge >= 0.3 is 0 Å². The van der Waals surface area contributed by atoms with Crippen LogP contribution in [0, 0.1) is 0 Å². The van der Waals surface area contributed by atoms with Gasteiger partial charge in [0.25, 0.3) is 10.1 Å². The van der Waals surface area contributed by atoms with Gasteiger partial charge < -0.3 is 10.8 Å². The lowest BCUT2D eigenvalue weighted by Gasteiger charge is -2.11. The second-order valence-electron chi connectivity index (χ2n) is 5.23. The average Bonchev–Trinajstić information content (AvgIpc) is 2.55. The first-order chi connectivity index (χ1) is 11.3. The van der Waals surface area contributed by atoms with E-state index in [2.05, 4.69) is 0 Å². The minimum atomic E-state index is -4.52. The van der Waals surface area contributed by atoms with E-state index in [-0.39, 0.29) is 33.6 Å². The van der Waals surface area contributed by atoms with E-state index in [4.69, 9.17) is 5.73 Å². The van der Waals surface area contributed by atoms with Crippen LogP contribution < -0.4 is 5.73 Å². The molecule has 3 rings (SSSR count). The van der Waals surface area contributed by atoms with Crippen LogP contribution in [0.15, 0.2) is 59.5 Å². The summed E-state index contributed by atoms with van der Waals surface area (Å²) in [6, 6.07) is 13.5. The number of fused-ring (bicyclic) bond motifs is 1. The summed E-state index contributed by atoms with van der Waals surface area (Å²) in [6.45, 7) is 0. The Hall–Kier alpha value is -2.90. The summed E-state index contributed by atoms with van der Waals surface area (Å²) < 4.78 is 31.8. The van der Waals surface area contributed by atoms with E-state index in [0.29, 0.717) is 5.56 Å². The molecule has 4 N–H and O–H groups in total. The molecule has 6 nitrogen and oxygen atoms in total. The predicted octanol–water partition coefficient (Wildman–Crippen LogP) is 2.61. The summed E-state index contributed by atoms with van der Waals surface area (Å²) >= 11 is 0. The van der Waals surface area contributed by atoms with Crippen molar-refractivity contribution in [3.05, 3.63) is 65.7 Å². The van der Waals surface area contributed by atoms with Crippen molar-refractivity contribution in [2.45, 2.75) is 4.90 Å². The zero-order valence-corrected chi connectivity index (χ0v) is 13.1. The van der Waals surface area contributed by atoms with Gasteiger partial charge in [-0.1, -0.05) is 30.3 Å². The molecule has 0 aromatic heterocycles. The lowest BCUT2D eigenvalue weighted by atomic mass is 9.97. The number of rotatable bonds is 3. The molecule has 0 fully saturated rings. The fraction of sp³-hybridized carbons (Fsp3) is 0. The van der Waals surface area contributed by atoms with Gasteiger partial charge in [-0.05, 0) is 18.2 Å². The molecular formula is C17H13NO5S. The van der Waals surface area contributed by atoms with Gasteiger partial charge in [-0.15, -0.1) is 0 Å². The number of anilines is 1. The van der Waals surface area contributed by atoms with Gasteiger partial charge in [0.1, 0.15) is 5.75 Å². The number of hydrogen-bond donors (Lipinski definition) is 3.